The van der Waals surface area contributed by atoms with E-state index in [0.717, 1.165) is 29.9 Å². The number of piperidine rings is 1. The van der Waals surface area contributed by atoms with E-state index < -0.39 is 0 Å². The van der Waals surface area contributed by atoms with Gasteiger partial charge in [-0.2, -0.15) is 0 Å². The molecule has 128 valence electrons. The van der Waals surface area contributed by atoms with Crippen molar-refractivity contribution in [2.75, 3.05) is 32.0 Å². The molecule has 0 bridgehead atoms. The summed E-state index contributed by atoms with van der Waals surface area (Å²) in [5, 5.41) is 4.31. The molecule has 1 heterocycles. The molecule has 0 aromatic heterocycles. The van der Waals surface area contributed by atoms with Crippen molar-refractivity contribution in [3.8, 4) is 0 Å². The van der Waals surface area contributed by atoms with Crippen LogP contribution in [0.1, 0.15) is 43.7 Å². The minimum Gasteiger partial charge on any atom is -0.349 e. The van der Waals surface area contributed by atoms with E-state index in [2.05, 4.69) is 56.2 Å². The molecule has 1 atom stereocenters. The van der Waals surface area contributed by atoms with E-state index in [-0.39, 0.29) is 0 Å². The molecule has 0 radical (unpaired) electrons. The van der Waals surface area contributed by atoms with Crippen LogP contribution in [0, 0.1) is 13.8 Å². The number of rotatable bonds is 5. The first kappa shape index (κ1) is 18.2. The fraction of sp³-hybridized carbons (Fsp3) is 0.632. The van der Waals surface area contributed by atoms with Gasteiger partial charge in [0.15, 0.2) is 5.11 Å². The summed E-state index contributed by atoms with van der Waals surface area (Å²) < 4.78 is 0. The molecule has 2 rings (SSSR count). The molecule has 3 nitrogen and oxygen atoms in total. The SMILES string of the molecule is CCCC[NH+](C)C1CCN(C(=S)Nc2ccc(C)cc2C)CC1. The predicted molar refractivity (Wildman–Crippen MR) is 103 cm³/mol. The van der Waals surface area contributed by atoms with E-state index in [0.29, 0.717) is 0 Å². The van der Waals surface area contributed by atoms with Crippen LogP contribution in [0.3, 0.4) is 0 Å². The standard InChI is InChI=1S/C19H31N3S/c1-5-6-11-21(4)17-9-12-22(13-10-17)19(23)20-18-8-7-15(2)14-16(18)3/h7-8,14,17H,5-6,9-13H2,1-4H3,(H,20,23)/p+1. The van der Waals surface area contributed by atoms with Gasteiger partial charge in [0.2, 0.25) is 0 Å². The molecule has 1 aliphatic rings. The van der Waals surface area contributed by atoms with Crippen molar-refractivity contribution in [1.82, 2.24) is 4.90 Å². The third-order valence-electron chi connectivity index (χ3n) is 5.03. The Bertz CT molecular complexity index is 521. The van der Waals surface area contributed by atoms with Crippen LogP contribution < -0.4 is 10.2 Å². The summed E-state index contributed by atoms with van der Waals surface area (Å²) in [6, 6.07) is 7.26. The number of aryl methyl sites for hydroxylation is 2. The first-order valence-corrected chi connectivity index (χ1v) is 9.37. The first-order chi connectivity index (χ1) is 11.0. The van der Waals surface area contributed by atoms with Crippen LogP contribution in [0.2, 0.25) is 0 Å². The molecule has 1 aromatic rings. The number of quaternary nitrogens is 1. The Morgan fingerprint density at radius 2 is 2.00 bits per heavy atom. The third kappa shape index (κ3) is 5.18. The Kier molecular flexibility index (Phi) is 6.85. The highest BCUT2D eigenvalue weighted by molar-refractivity contribution is 7.80. The van der Waals surface area contributed by atoms with Crippen LogP contribution in [-0.2, 0) is 0 Å². The van der Waals surface area contributed by atoms with Gasteiger partial charge in [-0.05, 0) is 44.1 Å². The Hall–Kier alpha value is -1.13. The number of unbranched alkanes of at least 4 members (excludes halogenated alkanes) is 1. The van der Waals surface area contributed by atoms with Crippen molar-refractivity contribution in [3.63, 3.8) is 0 Å². The average molecular weight is 335 g/mol. The maximum atomic E-state index is 5.63. The van der Waals surface area contributed by atoms with Gasteiger partial charge in [0.05, 0.1) is 19.6 Å². The minimum atomic E-state index is 0.793. The molecule has 1 aliphatic heterocycles. The lowest BCUT2D eigenvalue weighted by atomic mass is 10.0. The number of benzene rings is 1. The van der Waals surface area contributed by atoms with E-state index in [1.54, 1.807) is 4.90 Å². The summed E-state index contributed by atoms with van der Waals surface area (Å²) in [5.74, 6) is 0. The maximum Gasteiger partial charge on any atom is 0.173 e. The Morgan fingerprint density at radius 1 is 1.30 bits per heavy atom. The summed E-state index contributed by atoms with van der Waals surface area (Å²) >= 11 is 5.63. The van der Waals surface area contributed by atoms with Gasteiger partial charge in [0, 0.05) is 31.6 Å². The van der Waals surface area contributed by atoms with Crippen LogP contribution in [0.25, 0.3) is 0 Å². The van der Waals surface area contributed by atoms with Crippen molar-refractivity contribution in [1.29, 1.82) is 0 Å². The largest absolute Gasteiger partial charge is 0.349 e. The van der Waals surface area contributed by atoms with Crippen molar-refractivity contribution >= 4 is 23.0 Å². The lowest BCUT2D eigenvalue weighted by Gasteiger charge is -2.36. The first-order valence-electron chi connectivity index (χ1n) is 8.96. The highest BCUT2D eigenvalue weighted by atomic mass is 32.1. The minimum absolute atomic E-state index is 0.793. The van der Waals surface area contributed by atoms with Crippen molar-refractivity contribution < 1.29 is 4.90 Å². The lowest BCUT2D eigenvalue weighted by molar-refractivity contribution is -0.907. The molecule has 23 heavy (non-hydrogen) atoms. The van der Waals surface area contributed by atoms with Gasteiger partial charge in [0.25, 0.3) is 0 Å². The van der Waals surface area contributed by atoms with Crippen molar-refractivity contribution in [2.24, 2.45) is 0 Å². The number of hydrogen-bond donors (Lipinski definition) is 2. The van der Waals surface area contributed by atoms with Gasteiger partial charge in [0.1, 0.15) is 0 Å². The van der Waals surface area contributed by atoms with Crippen molar-refractivity contribution in [2.45, 2.75) is 52.5 Å². The molecule has 1 saturated heterocycles. The average Bonchev–Trinajstić information content (AvgIpc) is 2.55. The van der Waals surface area contributed by atoms with E-state index in [1.165, 1.54) is 43.4 Å². The quantitative estimate of drug-likeness (QED) is 0.808. The molecule has 0 saturated carbocycles. The zero-order valence-corrected chi connectivity index (χ0v) is 15.9. The fourth-order valence-electron chi connectivity index (χ4n) is 3.38. The Labute approximate surface area is 147 Å². The highest BCUT2D eigenvalue weighted by Crippen LogP contribution is 2.18. The Balaban J connectivity index is 1.83. The molecule has 1 fully saturated rings. The van der Waals surface area contributed by atoms with Gasteiger partial charge in [-0.15, -0.1) is 0 Å². The zero-order chi connectivity index (χ0) is 16.8. The van der Waals surface area contributed by atoms with Crippen LogP contribution >= 0.6 is 12.2 Å². The highest BCUT2D eigenvalue weighted by Gasteiger charge is 2.26. The van der Waals surface area contributed by atoms with Gasteiger partial charge in [-0.1, -0.05) is 31.0 Å². The number of likely N-dealkylation sites (tertiary alicyclic amines) is 1. The number of nitrogens with zero attached hydrogens (tertiary/aromatic N) is 1. The number of thiocarbonyl (C=S) groups is 1. The molecule has 1 unspecified atom stereocenters. The smallest absolute Gasteiger partial charge is 0.173 e. The van der Waals surface area contributed by atoms with Gasteiger partial charge in [-0.3, -0.25) is 0 Å². The number of anilines is 1. The van der Waals surface area contributed by atoms with E-state index in [9.17, 15) is 0 Å². The maximum absolute atomic E-state index is 5.63. The summed E-state index contributed by atoms with van der Waals surface area (Å²) in [7, 11) is 2.35. The zero-order valence-electron chi connectivity index (χ0n) is 15.1. The summed E-state index contributed by atoms with van der Waals surface area (Å²) in [6.45, 7) is 9.97. The molecule has 2 N–H and O–H groups in total. The molecular weight excluding hydrogens is 302 g/mol. The van der Waals surface area contributed by atoms with Crippen LogP contribution in [0.15, 0.2) is 18.2 Å². The van der Waals surface area contributed by atoms with Gasteiger partial charge in [-0.25, -0.2) is 0 Å². The molecular formula is C19H32N3S+. The molecule has 0 aliphatic carbocycles. The molecule has 1 aromatic carbocycles. The van der Waals surface area contributed by atoms with Crippen LogP contribution in [-0.4, -0.2) is 42.7 Å². The van der Waals surface area contributed by atoms with Gasteiger partial charge >= 0.3 is 0 Å². The van der Waals surface area contributed by atoms with E-state index in [4.69, 9.17) is 12.2 Å². The second-order valence-electron chi connectivity index (χ2n) is 6.96. The third-order valence-corrected chi connectivity index (χ3v) is 5.39. The van der Waals surface area contributed by atoms with E-state index in [1.807, 2.05) is 0 Å². The van der Waals surface area contributed by atoms with E-state index >= 15 is 0 Å². The van der Waals surface area contributed by atoms with Crippen LogP contribution in [0.4, 0.5) is 5.69 Å². The summed E-state index contributed by atoms with van der Waals surface area (Å²) in [6.07, 6.45) is 5.10. The van der Waals surface area contributed by atoms with Crippen LogP contribution in [0.5, 0.6) is 0 Å². The molecule has 0 amide bonds. The topological polar surface area (TPSA) is 19.7 Å². The van der Waals surface area contributed by atoms with Crippen molar-refractivity contribution in [3.05, 3.63) is 29.3 Å². The summed E-state index contributed by atoms with van der Waals surface area (Å²) in [4.78, 5) is 4.03. The summed E-state index contributed by atoms with van der Waals surface area (Å²) in [5.41, 5.74) is 3.68. The molecule has 4 heteroatoms. The fourth-order valence-corrected chi connectivity index (χ4v) is 3.68. The predicted octanol–water partition coefficient (Wildman–Crippen LogP) is 2.78. The monoisotopic (exact) mass is 334 g/mol. The second-order valence-corrected chi connectivity index (χ2v) is 7.35. The number of hydrogen-bond acceptors (Lipinski definition) is 1. The molecule has 0 spiro atoms. The lowest BCUT2D eigenvalue weighted by Crippen LogP contribution is -3.13. The normalized spacial score (nSPS) is 17.1. The Morgan fingerprint density at radius 3 is 2.61 bits per heavy atom. The second kappa shape index (κ2) is 8.65. The number of nitrogens with one attached hydrogen (secondary N) is 2. The van der Waals surface area contributed by atoms with Gasteiger partial charge < -0.3 is 15.1 Å².